The SMILES string of the molecule is Cc1sc2nc(CSC(C)C(=O)NNC(=O)c3nn(-c4ccccc4)cc3O)[nH]c(=O)c2c1C. The maximum absolute atomic E-state index is 12.4. The van der Waals surface area contributed by atoms with Gasteiger partial charge in [-0.05, 0) is 38.5 Å². The van der Waals surface area contributed by atoms with Crippen molar-refractivity contribution in [3.05, 3.63) is 68.8 Å². The molecule has 0 fully saturated rings. The van der Waals surface area contributed by atoms with Crippen molar-refractivity contribution in [2.75, 3.05) is 0 Å². The van der Waals surface area contributed by atoms with E-state index in [0.29, 0.717) is 27.5 Å². The maximum atomic E-state index is 12.4. The topological polar surface area (TPSA) is 142 Å². The molecule has 0 spiro atoms. The molecule has 1 aromatic carbocycles. The molecule has 34 heavy (non-hydrogen) atoms. The lowest BCUT2D eigenvalue weighted by atomic mass is 10.2. The second-order valence-corrected chi connectivity index (χ2v) is 10.0. The van der Waals surface area contributed by atoms with E-state index in [9.17, 15) is 19.5 Å². The van der Waals surface area contributed by atoms with Crippen LogP contribution in [0.2, 0.25) is 0 Å². The summed E-state index contributed by atoms with van der Waals surface area (Å²) in [6.45, 7) is 5.51. The predicted molar refractivity (Wildman–Crippen MR) is 131 cm³/mol. The first-order valence-electron chi connectivity index (χ1n) is 10.3. The molecule has 12 heteroatoms. The lowest BCUT2D eigenvalue weighted by Gasteiger charge is -2.12. The van der Waals surface area contributed by atoms with Gasteiger partial charge in [-0.3, -0.25) is 25.2 Å². The number of fused-ring (bicyclic) bond motifs is 1. The minimum atomic E-state index is -0.752. The molecule has 0 bridgehead atoms. The first kappa shape index (κ1) is 23.5. The number of carbonyl (C=O) groups excluding carboxylic acids is 2. The molecule has 4 N–H and O–H groups in total. The number of aromatic hydroxyl groups is 1. The first-order valence-corrected chi connectivity index (χ1v) is 12.2. The molecule has 2 amide bonds. The normalized spacial score (nSPS) is 12.0. The van der Waals surface area contributed by atoms with Gasteiger partial charge in [-0.1, -0.05) is 18.2 Å². The highest BCUT2D eigenvalue weighted by molar-refractivity contribution is 7.99. The van der Waals surface area contributed by atoms with Crippen LogP contribution in [-0.4, -0.2) is 41.9 Å². The highest BCUT2D eigenvalue weighted by Crippen LogP contribution is 2.26. The number of nitrogens with zero attached hydrogens (tertiary/aromatic N) is 3. The van der Waals surface area contributed by atoms with Crippen LogP contribution in [-0.2, 0) is 10.5 Å². The molecule has 1 atom stereocenters. The molecule has 0 aliphatic rings. The number of benzene rings is 1. The number of hydrogen-bond acceptors (Lipinski definition) is 8. The Hall–Kier alpha value is -3.64. The van der Waals surface area contributed by atoms with E-state index in [-0.39, 0.29) is 17.0 Å². The number of amides is 2. The van der Waals surface area contributed by atoms with Crippen molar-refractivity contribution in [1.82, 2.24) is 30.6 Å². The van der Waals surface area contributed by atoms with Crippen LogP contribution < -0.4 is 16.4 Å². The van der Waals surface area contributed by atoms with E-state index in [2.05, 4.69) is 25.9 Å². The lowest BCUT2D eigenvalue weighted by molar-refractivity contribution is -0.121. The summed E-state index contributed by atoms with van der Waals surface area (Å²) >= 11 is 2.72. The summed E-state index contributed by atoms with van der Waals surface area (Å²) in [4.78, 5) is 46.2. The fraction of sp³-hybridized carbons (Fsp3) is 0.227. The third kappa shape index (κ3) is 4.82. The van der Waals surface area contributed by atoms with Crippen molar-refractivity contribution in [2.45, 2.75) is 31.8 Å². The summed E-state index contributed by atoms with van der Waals surface area (Å²) in [5, 5.41) is 14.2. The van der Waals surface area contributed by atoms with E-state index in [0.717, 1.165) is 10.4 Å². The number of H-pyrrole nitrogens is 1. The van der Waals surface area contributed by atoms with Crippen molar-refractivity contribution in [3.8, 4) is 11.4 Å². The minimum Gasteiger partial charge on any atom is -0.504 e. The van der Waals surface area contributed by atoms with E-state index in [1.54, 1.807) is 31.2 Å². The number of rotatable bonds is 6. The van der Waals surface area contributed by atoms with Crippen LogP contribution in [0.25, 0.3) is 15.9 Å². The Morgan fingerprint density at radius 1 is 1.24 bits per heavy atom. The lowest BCUT2D eigenvalue weighted by Crippen LogP contribution is -2.45. The van der Waals surface area contributed by atoms with Crippen molar-refractivity contribution < 1.29 is 14.7 Å². The number of carbonyl (C=O) groups is 2. The Bertz CT molecular complexity index is 1430. The van der Waals surface area contributed by atoms with Crippen LogP contribution in [0.4, 0.5) is 0 Å². The van der Waals surface area contributed by atoms with E-state index in [1.807, 2.05) is 19.9 Å². The number of thioether (sulfide) groups is 1. The van der Waals surface area contributed by atoms with Crippen molar-refractivity contribution in [1.29, 1.82) is 0 Å². The summed E-state index contributed by atoms with van der Waals surface area (Å²) in [5.41, 5.74) is 5.78. The van der Waals surface area contributed by atoms with Gasteiger partial charge in [0.25, 0.3) is 17.4 Å². The molecule has 3 heterocycles. The molecule has 0 saturated heterocycles. The van der Waals surface area contributed by atoms with Crippen LogP contribution in [0.3, 0.4) is 0 Å². The molecule has 10 nitrogen and oxygen atoms in total. The van der Waals surface area contributed by atoms with Crippen LogP contribution >= 0.6 is 23.1 Å². The van der Waals surface area contributed by atoms with E-state index in [4.69, 9.17) is 0 Å². The van der Waals surface area contributed by atoms with Crippen LogP contribution in [0.5, 0.6) is 5.75 Å². The predicted octanol–water partition coefficient (Wildman–Crippen LogP) is 2.58. The van der Waals surface area contributed by atoms with Crippen LogP contribution in [0, 0.1) is 13.8 Å². The standard InChI is InChI=1S/C22H22N6O4S2/c1-11-12(2)34-22-17(11)20(31)23-16(24-22)10-33-13(3)19(30)25-26-21(32)18-15(29)9-28(27-18)14-7-5-4-6-8-14/h4-9,13,29H,10H2,1-3H3,(H,25,30)(H,26,32)(H,23,24,31). The molecule has 0 aliphatic heterocycles. The zero-order valence-electron chi connectivity index (χ0n) is 18.6. The molecule has 176 valence electrons. The molecule has 1 unspecified atom stereocenters. The monoisotopic (exact) mass is 498 g/mol. The fourth-order valence-electron chi connectivity index (χ4n) is 3.17. The average molecular weight is 499 g/mol. The second kappa shape index (κ2) is 9.69. The van der Waals surface area contributed by atoms with Gasteiger partial charge in [0.1, 0.15) is 10.7 Å². The number of para-hydroxylation sites is 1. The third-order valence-electron chi connectivity index (χ3n) is 5.16. The molecule has 3 aromatic heterocycles. The number of hydrogen-bond donors (Lipinski definition) is 4. The molecule has 0 radical (unpaired) electrons. The van der Waals surface area contributed by atoms with Gasteiger partial charge < -0.3 is 10.1 Å². The number of nitrogens with one attached hydrogen (secondary N) is 3. The summed E-state index contributed by atoms with van der Waals surface area (Å²) in [6.07, 6.45) is 1.31. The molecule has 0 aliphatic carbocycles. The molecule has 4 aromatic rings. The van der Waals surface area contributed by atoms with E-state index in [1.165, 1.54) is 34.0 Å². The second-order valence-electron chi connectivity index (χ2n) is 7.52. The van der Waals surface area contributed by atoms with Gasteiger partial charge in [-0.2, -0.15) is 5.10 Å². The quantitative estimate of drug-likeness (QED) is 0.299. The van der Waals surface area contributed by atoms with E-state index >= 15 is 0 Å². The number of hydrazine groups is 1. The number of aromatic amines is 1. The van der Waals surface area contributed by atoms with Crippen molar-refractivity contribution in [2.24, 2.45) is 0 Å². The Morgan fingerprint density at radius 2 is 1.97 bits per heavy atom. The zero-order chi connectivity index (χ0) is 24.4. The van der Waals surface area contributed by atoms with E-state index < -0.39 is 17.1 Å². The summed E-state index contributed by atoms with van der Waals surface area (Å²) in [6, 6.07) is 8.99. The number of aromatic nitrogens is 4. The van der Waals surface area contributed by atoms with Gasteiger partial charge >= 0.3 is 0 Å². The zero-order valence-corrected chi connectivity index (χ0v) is 20.2. The fourth-order valence-corrected chi connectivity index (χ4v) is 4.97. The largest absolute Gasteiger partial charge is 0.504 e. The summed E-state index contributed by atoms with van der Waals surface area (Å²) in [5.74, 6) is -0.734. The molecule has 0 saturated carbocycles. The van der Waals surface area contributed by atoms with Crippen molar-refractivity contribution >= 4 is 45.1 Å². The minimum absolute atomic E-state index is 0.193. The smallest absolute Gasteiger partial charge is 0.294 e. The molecular weight excluding hydrogens is 476 g/mol. The summed E-state index contributed by atoms with van der Waals surface area (Å²) < 4.78 is 1.37. The number of aryl methyl sites for hydroxylation is 2. The van der Waals surface area contributed by atoms with Crippen LogP contribution in [0.1, 0.15) is 33.7 Å². The van der Waals surface area contributed by atoms with Gasteiger partial charge in [-0.15, -0.1) is 23.1 Å². The Kier molecular flexibility index (Phi) is 6.70. The number of thiophene rings is 1. The Labute approximate surface area is 202 Å². The van der Waals surface area contributed by atoms with Gasteiger partial charge in [0.15, 0.2) is 11.4 Å². The van der Waals surface area contributed by atoms with Crippen molar-refractivity contribution in [3.63, 3.8) is 0 Å². The molecule has 4 rings (SSSR count). The third-order valence-corrected chi connectivity index (χ3v) is 7.41. The average Bonchev–Trinajstić information content (AvgIpc) is 3.35. The van der Waals surface area contributed by atoms with Crippen LogP contribution in [0.15, 0.2) is 41.3 Å². The Balaban J connectivity index is 1.34. The highest BCUT2D eigenvalue weighted by Gasteiger charge is 2.20. The van der Waals surface area contributed by atoms with Gasteiger partial charge in [0.05, 0.1) is 28.3 Å². The highest BCUT2D eigenvalue weighted by atomic mass is 32.2. The summed E-state index contributed by atoms with van der Waals surface area (Å²) in [7, 11) is 0. The first-order chi connectivity index (χ1) is 16.2. The Morgan fingerprint density at radius 3 is 2.71 bits per heavy atom. The van der Waals surface area contributed by atoms with Gasteiger partial charge in [-0.25, -0.2) is 9.67 Å². The molecular formula is C22H22N6O4S2. The maximum Gasteiger partial charge on any atom is 0.294 e. The van der Waals surface area contributed by atoms with Gasteiger partial charge in [0, 0.05) is 4.88 Å². The van der Waals surface area contributed by atoms with Gasteiger partial charge in [0.2, 0.25) is 0 Å².